The molecule has 4 heteroatoms. The highest BCUT2D eigenvalue weighted by molar-refractivity contribution is 6.30. The van der Waals surface area contributed by atoms with Gasteiger partial charge in [0, 0.05) is 30.8 Å². The SMILES string of the molecule is CC1(CNC(CN)c2cccc(Cl)c2)CCCO1. The van der Waals surface area contributed by atoms with Crippen LogP contribution in [0.1, 0.15) is 31.4 Å². The largest absolute Gasteiger partial charge is 0.374 e. The van der Waals surface area contributed by atoms with Crippen molar-refractivity contribution in [3.63, 3.8) is 0 Å². The number of rotatable bonds is 5. The molecule has 2 rings (SSSR count). The second-order valence-electron chi connectivity index (χ2n) is 5.13. The molecule has 3 nitrogen and oxygen atoms in total. The molecule has 1 aromatic rings. The van der Waals surface area contributed by atoms with E-state index in [9.17, 15) is 0 Å². The van der Waals surface area contributed by atoms with Gasteiger partial charge in [0.2, 0.25) is 0 Å². The Morgan fingerprint density at radius 3 is 3.00 bits per heavy atom. The molecule has 100 valence electrons. The van der Waals surface area contributed by atoms with Crippen LogP contribution in [0.25, 0.3) is 0 Å². The molecule has 1 aromatic carbocycles. The van der Waals surface area contributed by atoms with E-state index >= 15 is 0 Å². The maximum Gasteiger partial charge on any atom is 0.0779 e. The lowest BCUT2D eigenvalue weighted by Crippen LogP contribution is -2.40. The number of hydrogen-bond donors (Lipinski definition) is 2. The zero-order valence-electron chi connectivity index (χ0n) is 10.8. The van der Waals surface area contributed by atoms with Gasteiger partial charge >= 0.3 is 0 Å². The first-order valence-corrected chi connectivity index (χ1v) is 6.84. The van der Waals surface area contributed by atoms with Gasteiger partial charge in [-0.25, -0.2) is 0 Å². The Bertz CT molecular complexity index is 391. The lowest BCUT2D eigenvalue weighted by Gasteiger charge is -2.27. The van der Waals surface area contributed by atoms with Crippen LogP contribution in [-0.4, -0.2) is 25.3 Å². The van der Waals surface area contributed by atoms with Crippen LogP contribution in [0.15, 0.2) is 24.3 Å². The lowest BCUT2D eigenvalue weighted by atomic mass is 10.0. The summed E-state index contributed by atoms with van der Waals surface area (Å²) < 4.78 is 5.77. The quantitative estimate of drug-likeness (QED) is 0.863. The average molecular weight is 269 g/mol. The molecule has 2 unspecified atom stereocenters. The minimum absolute atomic E-state index is 0.0496. The molecule has 0 amide bonds. The summed E-state index contributed by atoms with van der Waals surface area (Å²) in [7, 11) is 0. The summed E-state index contributed by atoms with van der Waals surface area (Å²) in [6.45, 7) is 4.39. The van der Waals surface area contributed by atoms with E-state index in [0.29, 0.717) is 6.54 Å². The van der Waals surface area contributed by atoms with Crippen molar-refractivity contribution in [1.29, 1.82) is 0 Å². The van der Waals surface area contributed by atoms with Crippen LogP contribution >= 0.6 is 11.6 Å². The fourth-order valence-corrected chi connectivity index (χ4v) is 2.57. The highest BCUT2D eigenvalue weighted by Gasteiger charge is 2.30. The van der Waals surface area contributed by atoms with Crippen LogP contribution < -0.4 is 11.1 Å². The molecule has 1 saturated heterocycles. The Morgan fingerprint density at radius 2 is 2.39 bits per heavy atom. The molecule has 3 N–H and O–H groups in total. The van der Waals surface area contributed by atoms with Crippen LogP contribution in [-0.2, 0) is 4.74 Å². The van der Waals surface area contributed by atoms with E-state index in [-0.39, 0.29) is 11.6 Å². The Morgan fingerprint density at radius 1 is 1.56 bits per heavy atom. The number of ether oxygens (including phenoxy) is 1. The van der Waals surface area contributed by atoms with E-state index in [2.05, 4.69) is 12.2 Å². The predicted octanol–water partition coefficient (Wildman–Crippen LogP) is 2.50. The summed E-state index contributed by atoms with van der Waals surface area (Å²) in [5.41, 5.74) is 6.92. The molecule has 0 aliphatic carbocycles. The standard InChI is InChI=1S/C14H21ClN2O/c1-14(6-3-7-18-14)10-17-13(9-16)11-4-2-5-12(15)8-11/h2,4-5,8,13,17H,3,6-7,9-10,16H2,1H3. The number of benzene rings is 1. The molecular weight excluding hydrogens is 248 g/mol. The third-order valence-corrected chi connectivity index (χ3v) is 3.74. The van der Waals surface area contributed by atoms with Gasteiger partial charge in [-0.15, -0.1) is 0 Å². The zero-order chi connectivity index (χ0) is 13.0. The topological polar surface area (TPSA) is 47.3 Å². The van der Waals surface area contributed by atoms with E-state index in [1.54, 1.807) is 0 Å². The maximum absolute atomic E-state index is 6.01. The van der Waals surface area contributed by atoms with Crippen molar-refractivity contribution in [3.05, 3.63) is 34.9 Å². The zero-order valence-corrected chi connectivity index (χ0v) is 11.5. The molecule has 0 aromatic heterocycles. The molecule has 0 radical (unpaired) electrons. The van der Waals surface area contributed by atoms with Crippen molar-refractivity contribution in [2.24, 2.45) is 5.73 Å². The molecule has 1 aliphatic heterocycles. The summed E-state index contributed by atoms with van der Waals surface area (Å²) in [5.74, 6) is 0. The molecule has 1 heterocycles. The first-order valence-electron chi connectivity index (χ1n) is 6.46. The minimum Gasteiger partial charge on any atom is -0.374 e. The number of halogens is 1. The summed E-state index contributed by atoms with van der Waals surface area (Å²) in [4.78, 5) is 0. The second-order valence-corrected chi connectivity index (χ2v) is 5.56. The third-order valence-electron chi connectivity index (χ3n) is 3.51. The molecule has 1 aliphatic rings. The molecule has 0 bridgehead atoms. The Labute approximate surface area is 114 Å². The van der Waals surface area contributed by atoms with E-state index in [1.165, 1.54) is 0 Å². The summed E-state index contributed by atoms with van der Waals surface area (Å²) in [5, 5.41) is 4.23. The highest BCUT2D eigenvalue weighted by Crippen LogP contribution is 2.25. The van der Waals surface area contributed by atoms with Crippen molar-refractivity contribution >= 4 is 11.6 Å². The molecule has 2 atom stereocenters. The van der Waals surface area contributed by atoms with E-state index in [4.69, 9.17) is 22.1 Å². The first kappa shape index (κ1) is 13.8. The second kappa shape index (κ2) is 6.02. The smallest absolute Gasteiger partial charge is 0.0779 e. The van der Waals surface area contributed by atoms with E-state index in [0.717, 1.165) is 36.6 Å². The summed E-state index contributed by atoms with van der Waals surface area (Å²) in [6, 6.07) is 7.97. The molecule has 1 fully saturated rings. The van der Waals surface area contributed by atoms with Gasteiger partial charge in [0.1, 0.15) is 0 Å². The number of nitrogens with two attached hydrogens (primary N) is 1. The number of nitrogens with one attached hydrogen (secondary N) is 1. The van der Waals surface area contributed by atoms with Gasteiger partial charge in [-0.05, 0) is 37.5 Å². The molecule has 0 saturated carbocycles. The van der Waals surface area contributed by atoms with Crippen LogP contribution in [0.2, 0.25) is 5.02 Å². The predicted molar refractivity (Wildman–Crippen MR) is 74.8 cm³/mol. The minimum atomic E-state index is -0.0496. The van der Waals surface area contributed by atoms with Gasteiger partial charge in [-0.2, -0.15) is 0 Å². The van der Waals surface area contributed by atoms with Gasteiger partial charge in [0.25, 0.3) is 0 Å². The van der Waals surface area contributed by atoms with Crippen molar-refractivity contribution in [2.45, 2.75) is 31.4 Å². The van der Waals surface area contributed by atoms with Crippen LogP contribution in [0.3, 0.4) is 0 Å². The van der Waals surface area contributed by atoms with Gasteiger partial charge in [-0.1, -0.05) is 23.7 Å². The van der Waals surface area contributed by atoms with E-state index in [1.807, 2.05) is 24.3 Å². The monoisotopic (exact) mass is 268 g/mol. The lowest BCUT2D eigenvalue weighted by molar-refractivity contribution is 0.0189. The normalized spacial score (nSPS) is 25.3. The fraction of sp³-hybridized carbons (Fsp3) is 0.571. The highest BCUT2D eigenvalue weighted by atomic mass is 35.5. The molecular formula is C14H21ClN2O. The van der Waals surface area contributed by atoms with Crippen molar-refractivity contribution in [1.82, 2.24) is 5.32 Å². The number of hydrogen-bond acceptors (Lipinski definition) is 3. The summed E-state index contributed by atoms with van der Waals surface area (Å²) >= 11 is 6.01. The Kier molecular flexibility index (Phi) is 4.62. The third kappa shape index (κ3) is 3.45. The van der Waals surface area contributed by atoms with Gasteiger partial charge in [-0.3, -0.25) is 0 Å². The fourth-order valence-electron chi connectivity index (χ4n) is 2.38. The molecule has 0 spiro atoms. The maximum atomic E-state index is 6.01. The van der Waals surface area contributed by atoms with Gasteiger partial charge in [0.05, 0.1) is 5.60 Å². The van der Waals surface area contributed by atoms with E-state index < -0.39 is 0 Å². The van der Waals surface area contributed by atoms with Crippen LogP contribution in [0.5, 0.6) is 0 Å². The van der Waals surface area contributed by atoms with Gasteiger partial charge in [0.15, 0.2) is 0 Å². The summed E-state index contributed by atoms with van der Waals surface area (Å²) in [6.07, 6.45) is 2.25. The van der Waals surface area contributed by atoms with Crippen LogP contribution in [0, 0.1) is 0 Å². The Balaban J connectivity index is 1.97. The van der Waals surface area contributed by atoms with Crippen molar-refractivity contribution < 1.29 is 4.74 Å². The molecule has 18 heavy (non-hydrogen) atoms. The van der Waals surface area contributed by atoms with Crippen LogP contribution in [0.4, 0.5) is 0 Å². The van der Waals surface area contributed by atoms with Crippen molar-refractivity contribution in [3.8, 4) is 0 Å². The van der Waals surface area contributed by atoms with Gasteiger partial charge < -0.3 is 15.8 Å². The Hall–Kier alpha value is -0.610. The average Bonchev–Trinajstić information content (AvgIpc) is 2.77. The van der Waals surface area contributed by atoms with Crippen molar-refractivity contribution in [2.75, 3.05) is 19.7 Å². The first-order chi connectivity index (χ1) is 8.63.